The minimum Gasteiger partial charge on any atom is -0.322 e. The highest BCUT2D eigenvalue weighted by Gasteiger charge is 2.08. The molecule has 0 unspecified atom stereocenters. The number of halogens is 1. The highest BCUT2D eigenvalue weighted by atomic mass is 32.1. The van der Waals surface area contributed by atoms with E-state index < -0.39 is 0 Å². The van der Waals surface area contributed by atoms with E-state index in [0.717, 1.165) is 28.1 Å². The number of hydrogen-bond donors (Lipinski definition) is 1. The number of anilines is 1. The maximum atomic E-state index is 12.9. The van der Waals surface area contributed by atoms with E-state index in [1.807, 2.05) is 18.2 Å². The number of carbonyl (C=O) groups is 1. The van der Waals surface area contributed by atoms with Crippen molar-refractivity contribution >= 4 is 33.1 Å². The molecule has 1 N–H and O–H groups in total. The fourth-order valence-electron chi connectivity index (χ4n) is 2.18. The van der Waals surface area contributed by atoms with Crippen molar-refractivity contribution in [3.05, 3.63) is 58.9 Å². The molecule has 1 amide bonds. The highest BCUT2D eigenvalue weighted by molar-refractivity contribution is 7.18. The SMILES string of the molecule is CCCc1nc2ccc(NC(=O)c3ccc(F)cc3)cc2s1. The van der Waals surface area contributed by atoms with Crippen molar-refractivity contribution in [2.45, 2.75) is 19.8 Å². The van der Waals surface area contributed by atoms with Gasteiger partial charge in [-0.1, -0.05) is 6.92 Å². The number of benzene rings is 2. The molecular formula is C17H15FN2OS. The van der Waals surface area contributed by atoms with Crippen LogP contribution in [0.4, 0.5) is 10.1 Å². The molecule has 0 spiro atoms. The van der Waals surface area contributed by atoms with Gasteiger partial charge in [0.25, 0.3) is 5.91 Å². The van der Waals surface area contributed by atoms with Gasteiger partial charge in [-0.2, -0.15) is 0 Å². The Balaban J connectivity index is 1.81. The van der Waals surface area contributed by atoms with Gasteiger partial charge in [-0.25, -0.2) is 9.37 Å². The third-order valence-electron chi connectivity index (χ3n) is 3.26. The average molecular weight is 314 g/mol. The van der Waals surface area contributed by atoms with Crippen molar-refractivity contribution in [3.8, 4) is 0 Å². The predicted molar refractivity (Wildman–Crippen MR) is 88.0 cm³/mol. The number of aryl methyl sites for hydroxylation is 1. The number of aromatic nitrogens is 1. The lowest BCUT2D eigenvalue weighted by atomic mass is 10.2. The van der Waals surface area contributed by atoms with E-state index >= 15 is 0 Å². The van der Waals surface area contributed by atoms with Gasteiger partial charge < -0.3 is 5.32 Å². The average Bonchev–Trinajstić information content (AvgIpc) is 2.90. The number of nitrogens with zero attached hydrogens (tertiary/aromatic N) is 1. The smallest absolute Gasteiger partial charge is 0.255 e. The lowest BCUT2D eigenvalue weighted by Gasteiger charge is -2.05. The molecule has 2 aromatic carbocycles. The summed E-state index contributed by atoms with van der Waals surface area (Å²) in [5, 5.41) is 3.94. The highest BCUT2D eigenvalue weighted by Crippen LogP contribution is 2.26. The molecule has 5 heteroatoms. The second kappa shape index (κ2) is 6.23. The Morgan fingerprint density at radius 2 is 2.00 bits per heavy atom. The molecule has 0 atom stereocenters. The number of fused-ring (bicyclic) bond motifs is 1. The number of rotatable bonds is 4. The maximum absolute atomic E-state index is 12.9. The van der Waals surface area contributed by atoms with Gasteiger partial charge in [0.1, 0.15) is 5.82 Å². The number of hydrogen-bond acceptors (Lipinski definition) is 3. The van der Waals surface area contributed by atoms with Gasteiger partial charge in [-0.15, -0.1) is 11.3 Å². The Morgan fingerprint density at radius 1 is 1.23 bits per heavy atom. The molecule has 0 bridgehead atoms. The second-order valence-electron chi connectivity index (χ2n) is 5.00. The first kappa shape index (κ1) is 14.7. The number of nitrogens with one attached hydrogen (secondary N) is 1. The first-order chi connectivity index (χ1) is 10.7. The zero-order valence-electron chi connectivity index (χ0n) is 12.1. The van der Waals surface area contributed by atoms with E-state index in [1.165, 1.54) is 24.3 Å². The molecule has 0 aliphatic carbocycles. The van der Waals surface area contributed by atoms with Gasteiger partial charge in [0.05, 0.1) is 15.2 Å². The Bertz CT molecular complexity index is 811. The lowest BCUT2D eigenvalue weighted by molar-refractivity contribution is 0.102. The van der Waals surface area contributed by atoms with Crippen molar-refractivity contribution < 1.29 is 9.18 Å². The van der Waals surface area contributed by atoms with Crippen LogP contribution in [-0.4, -0.2) is 10.9 Å². The van der Waals surface area contributed by atoms with Gasteiger partial charge in [0, 0.05) is 11.3 Å². The summed E-state index contributed by atoms with van der Waals surface area (Å²) in [5.41, 5.74) is 2.10. The molecule has 3 aromatic rings. The van der Waals surface area contributed by atoms with Crippen LogP contribution < -0.4 is 5.32 Å². The molecule has 0 radical (unpaired) electrons. The van der Waals surface area contributed by atoms with Crippen LogP contribution in [0, 0.1) is 5.82 Å². The Kier molecular flexibility index (Phi) is 4.15. The van der Waals surface area contributed by atoms with E-state index in [2.05, 4.69) is 17.2 Å². The third kappa shape index (κ3) is 3.14. The first-order valence-electron chi connectivity index (χ1n) is 7.12. The van der Waals surface area contributed by atoms with Crippen molar-refractivity contribution in [1.29, 1.82) is 0 Å². The monoisotopic (exact) mass is 314 g/mol. The summed E-state index contributed by atoms with van der Waals surface area (Å²) in [6, 6.07) is 11.2. The van der Waals surface area contributed by atoms with E-state index in [1.54, 1.807) is 11.3 Å². The number of thiazole rings is 1. The predicted octanol–water partition coefficient (Wildman–Crippen LogP) is 4.64. The van der Waals surface area contributed by atoms with Gasteiger partial charge in [-0.05, 0) is 55.3 Å². The quantitative estimate of drug-likeness (QED) is 0.762. The molecule has 1 heterocycles. The van der Waals surface area contributed by atoms with Crippen LogP contribution in [0.3, 0.4) is 0 Å². The molecule has 0 aliphatic rings. The number of carbonyl (C=O) groups excluding carboxylic acids is 1. The van der Waals surface area contributed by atoms with E-state index in [0.29, 0.717) is 11.3 Å². The molecule has 0 fully saturated rings. The van der Waals surface area contributed by atoms with Gasteiger partial charge in [0.2, 0.25) is 0 Å². The van der Waals surface area contributed by atoms with Crippen molar-refractivity contribution in [2.75, 3.05) is 5.32 Å². The third-order valence-corrected chi connectivity index (χ3v) is 4.34. The second-order valence-corrected chi connectivity index (χ2v) is 6.12. The normalized spacial score (nSPS) is 10.8. The fraction of sp³-hybridized carbons (Fsp3) is 0.176. The van der Waals surface area contributed by atoms with Crippen LogP contribution >= 0.6 is 11.3 Å². The topological polar surface area (TPSA) is 42.0 Å². The van der Waals surface area contributed by atoms with Crippen LogP contribution in [0.15, 0.2) is 42.5 Å². The van der Waals surface area contributed by atoms with Crippen LogP contribution in [0.5, 0.6) is 0 Å². The Labute approximate surface area is 131 Å². The van der Waals surface area contributed by atoms with E-state index in [9.17, 15) is 9.18 Å². The molecule has 1 aromatic heterocycles. The minimum absolute atomic E-state index is 0.252. The first-order valence-corrected chi connectivity index (χ1v) is 7.94. The summed E-state index contributed by atoms with van der Waals surface area (Å²) in [4.78, 5) is 16.7. The van der Waals surface area contributed by atoms with Crippen LogP contribution in [0.25, 0.3) is 10.2 Å². The van der Waals surface area contributed by atoms with Crippen molar-refractivity contribution in [1.82, 2.24) is 4.98 Å². The summed E-state index contributed by atoms with van der Waals surface area (Å²) >= 11 is 1.65. The molecule has 3 nitrogen and oxygen atoms in total. The van der Waals surface area contributed by atoms with Gasteiger partial charge >= 0.3 is 0 Å². The van der Waals surface area contributed by atoms with Crippen LogP contribution in [0.2, 0.25) is 0 Å². The van der Waals surface area contributed by atoms with E-state index in [-0.39, 0.29) is 11.7 Å². The molecule has 0 saturated heterocycles. The van der Waals surface area contributed by atoms with Crippen molar-refractivity contribution in [2.24, 2.45) is 0 Å². The van der Waals surface area contributed by atoms with Gasteiger partial charge in [-0.3, -0.25) is 4.79 Å². The summed E-state index contributed by atoms with van der Waals surface area (Å²) in [7, 11) is 0. The summed E-state index contributed by atoms with van der Waals surface area (Å²) in [6.07, 6.45) is 2.03. The molecule has 22 heavy (non-hydrogen) atoms. The standard InChI is InChI=1S/C17H15FN2OS/c1-2-3-16-20-14-9-8-13(10-15(14)22-16)19-17(21)11-4-6-12(18)7-5-11/h4-10H,2-3H2,1H3,(H,19,21). The van der Waals surface area contributed by atoms with Crippen LogP contribution in [0.1, 0.15) is 28.7 Å². The Morgan fingerprint density at radius 3 is 2.73 bits per heavy atom. The van der Waals surface area contributed by atoms with Crippen molar-refractivity contribution in [3.63, 3.8) is 0 Å². The summed E-state index contributed by atoms with van der Waals surface area (Å²) in [6.45, 7) is 2.13. The number of amides is 1. The zero-order valence-corrected chi connectivity index (χ0v) is 12.9. The fourth-order valence-corrected chi connectivity index (χ4v) is 3.28. The molecule has 112 valence electrons. The minimum atomic E-state index is -0.355. The molecule has 3 rings (SSSR count). The molecule has 0 saturated carbocycles. The summed E-state index contributed by atoms with van der Waals surface area (Å²) < 4.78 is 13.9. The maximum Gasteiger partial charge on any atom is 0.255 e. The lowest BCUT2D eigenvalue weighted by Crippen LogP contribution is -2.11. The van der Waals surface area contributed by atoms with E-state index in [4.69, 9.17) is 0 Å². The molecular weight excluding hydrogens is 299 g/mol. The summed E-state index contributed by atoms with van der Waals surface area (Å²) in [5.74, 6) is -0.608. The largest absolute Gasteiger partial charge is 0.322 e. The van der Waals surface area contributed by atoms with Crippen LogP contribution in [-0.2, 0) is 6.42 Å². The molecule has 0 aliphatic heterocycles. The Hall–Kier alpha value is -2.27. The van der Waals surface area contributed by atoms with Gasteiger partial charge in [0.15, 0.2) is 0 Å². The zero-order chi connectivity index (χ0) is 15.5.